The summed E-state index contributed by atoms with van der Waals surface area (Å²) in [4.78, 5) is 20.6. The minimum atomic E-state index is -0.407. The first-order valence-corrected chi connectivity index (χ1v) is 7.33. The molecule has 0 aromatic carbocycles. The van der Waals surface area contributed by atoms with Crippen molar-refractivity contribution in [1.29, 1.82) is 0 Å². The van der Waals surface area contributed by atoms with Crippen LogP contribution in [0.15, 0.2) is 30.6 Å². The average Bonchev–Trinajstić information content (AvgIpc) is 2.89. The summed E-state index contributed by atoms with van der Waals surface area (Å²) in [5, 5.41) is 0. The second-order valence-corrected chi connectivity index (χ2v) is 5.59. The molecule has 1 amide bonds. The van der Waals surface area contributed by atoms with Gasteiger partial charge in [0.25, 0.3) is 0 Å². The van der Waals surface area contributed by atoms with Crippen molar-refractivity contribution >= 4 is 36.4 Å². The molecule has 2 N–H and O–H groups in total. The summed E-state index contributed by atoms with van der Waals surface area (Å²) in [5.74, 6) is 0.0439. The van der Waals surface area contributed by atoms with Crippen LogP contribution in [0.25, 0.3) is 5.65 Å². The van der Waals surface area contributed by atoms with Crippen molar-refractivity contribution in [3.05, 3.63) is 36.3 Å². The Morgan fingerprint density at radius 3 is 2.57 bits per heavy atom. The fourth-order valence-corrected chi connectivity index (χ4v) is 2.71. The lowest BCUT2D eigenvalue weighted by molar-refractivity contribution is -0.134. The summed E-state index contributed by atoms with van der Waals surface area (Å²) < 4.78 is 2.03. The zero-order valence-corrected chi connectivity index (χ0v) is 14.7. The molecule has 1 saturated heterocycles. The zero-order valence-electron chi connectivity index (χ0n) is 13.1. The van der Waals surface area contributed by atoms with Crippen molar-refractivity contribution in [2.24, 2.45) is 5.73 Å². The SMILES string of the molecule is CC(N)C(=O)N1CCN(Cc2cn3ccccc3n2)CC1.Cl.Cl. The topological polar surface area (TPSA) is 66.9 Å². The van der Waals surface area contributed by atoms with Crippen LogP contribution >= 0.6 is 24.8 Å². The van der Waals surface area contributed by atoms with Crippen molar-refractivity contribution in [2.75, 3.05) is 26.2 Å². The molecule has 1 unspecified atom stereocenters. The molecule has 2 aromatic rings. The van der Waals surface area contributed by atoms with Crippen molar-refractivity contribution in [1.82, 2.24) is 19.2 Å². The van der Waals surface area contributed by atoms with E-state index < -0.39 is 6.04 Å². The van der Waals surface area contributed by atoms with Gasteiger partial charge in [0.15, 0.2) is 0 Å². The van der Waals surface area contributed by atoms with Gasteiger partial charge in [0.1, 0.15) is 5.65 Å². The number of nitrogens with two attached hydrogens (primary N) is 1. The van der Waals surface area contributed by atoms with E-state index >= 15 is 0 Å². The minimum absolute atomic E-state index is 0. The van der Waals surface area contributed by atoms with Gasteiger partial charge >= 0.3 is 0 Å². The van der Waals surface area contributed by atoms with E-state index in [4.69, 9.17) is 5.73 Å². The van der Waals surface area contributed by atoms with Gasteiger partial charge in [-0.05, 0) is 19.1 Å². The number of pyridine rings is 1. The van der Waals surface area contributed by atoms with E-state index in [1.54, 1.807) is 6.92 Å². The smallest absolute Gasteiger partial charge is 0.239 e. The summed E-state index contributed by atoms with van der Waals surface area (Å²) in [6.45, 7) is 5.79. The predicted octanol–water partition coefficient (Wildman–Crippen LogP) is 1.17. The highest BCUT2D eigenvalue weighted by atomic mass is 35.5. The standard InChI is InChI=1S/C15H21N5O.2ClH/c1-12(16)15(21)19-8-6-18(7-9-19)10-13-11-20-5-3-2-4-14(20)17-13;;/h2-5,11-12H,6-10,16H2,1H3;2*1H. The zero-order chi connectivity index (χ0) is 14.8. The van der Waals surface area contributed by atoms with Gasteiger partial charge in [-0.3, -0.25) is 9.69 Å². The number of hydrogen-bond donors (Lipinski definition) is 1. The van der Waals surface area contributed by atoms with Gasteiger partial charge in [0, 0.05) is 45.1 Å². The Morgan fingerprint density at radius 2 is 1.96 bits per heavy atom. The first kappa shape index (κ1) is 19.7. The Balaban J connectivity index is 0.00000132. The van der Waals surface area contributed by atoms with Gasteiger partial charge < -0.3 is 15.0 Å². The Morgan fingerprint density at radius 1 is 1.26 bits per heavy atom. The van der Waals surface area contributed by atoms with Gasteiger partial charge in [-0.25, -0.2) is 4.98 Å². The molecule has 23 heavy (non-hydrogen) atoms. The van der Waals surface area contributed by atoms with Gasteiger partial charge in [0.05, 0.1) is 11.7 Å². The van der Waals surface area contributed by atoms with E-state index in [2.05, 4.69) is 16.1 Å². The lowest BCUT2D eigenvalue weighted by atomic mass is 10.2. The van der Waals surface area contributed by atoms with Crippen LogP contribution < -0.4 is 5.73 Å². The first-order valence-electron chi connectivity index (χ1n) is 7.33. The number of imidazole rings is 1. The van der Waals surface area contributed by atoms with E-state index in [-0.39, 0.29) is 30.7 Å². The van der Waals surface area contributed by atoms with Crippen molar-refractivity contribution in [2.45, 2.75) is 19.5 Å². The number of fused-ring (bicyclic) bond motifs is 1. The molecule has 1 aliphatic heterocycles. The van der Waals surface area contributed by atoms with Gasteiger partial charge in [0.2, 0.25) is 5.91 Å². The summed E-state index contributed by atoms with van der Waals surface area (Å²) >= 11 is 0. The molecule has 3 rings (SSSR count). The summed E-state index contributed by atoms with van der Waals surface area (Å²) in [6.07, 6.45) is 4.07. The number of nitrogens with zero attached hydrogens (tertiary/aromatic N) is 4. The second kappa shape index (κ2) is 8.49. The molecule has 0 aliphatic carbocycles. The molecule has 0 bridgehead atoms. The number of carbonyl (C=O) groups excluding carboxylic acids is 1. The number of rotatable bonds is 3. The highest BCUT2D eigenvalue weighted by molar-refractivity contribution is 5.85. The fourth-order valence-electron chi connectivity index (χ4n) is 2.71. The predicted molar refractivity (Wildman–Crippen MR) is 95.2 cm³/mol. The van der Waals surface area contributed by atoms with Crippen LogP contribution in [0.3, 0.4) is 0 Å². The number of carbonyl (C=O) groups is 1. The Bertz CT molecular complexity index is 605. The van der Waals surface area contributed by atoms with E-state index in [9.17, 15) is 4.79 Å². The van der Waals surface area contributed by atoms with Crippen LogP contribution in [0.4, 0.5) is 0 Å². The second-order valence-electron chi connectivity index (χ2n) is 5.59. The number of aromatic nitrogens is 2. The molecule has 1 aliphatic rings. The van der Waals surface area contributed by atoms with E-state index in [0.717, 1.165) is 44.1 Å². The van der Waals surface area contributed by atoms with Gasteiger partial charge in [-0.1, -0.05) is 6.07 Å². The van der Waals surface area contributed by atoms with Gasteiger partial charge in [-0.2, -0.15) is 0 Å². The van der Waals surface area contributed by atoms with Gasteiger partial charge in [-0.15, -0.1) is 24.8 Å². The van der Waals surface area contributed by atoms with Crippen LogP contribution in [0, 0.1) is 0 Å². The number of piperazine rings is 1. The third kappa shape index (κ3) is 4.57. The van der Waals surface area contributed by atoms with Crippen molar-refractivity contribution in [3.8, 4) is 0 Å². The monoisotopic (exact) mass is 359 g/mol. The molecule has 1 fully saturated rings. The maximum atomic E-state index is 11.8. The van der Waals surface area contributed by atoms with Crippen molar-refractivity contribution < 1.29 is 4.79 Å². The van der Waals surface area contributed by atoms with Crippen LogP contribution in [-0.4, -0.2) is 57.3 Å². The Labute approximate surface area is 148 Å². The highest BCUT2D eigenvalue weighted by Crippen LogP contribution is 2.10. The molecule has 8 heteroatoms. The lowest BCUT2D eigenvalue weighted by Gasteiger charge is -2.35. The normalized spacial score (nSPS) is 16.5. The Kier molecular flexibility index (Phi) is 7.28. The van der Waals surface area contributed by atoms with E-state index in [1.807, 2.05) is 33.7 Å². The van der Waals surface area contributed by atoms with Crippen LogP contribution in [-0.2, 0) is 11.3 Å². The molecule has 1 atom stereocenters. The average molecular weight is 360 g/mol. The van der Waals surface area contributed by atoms with E-state index in [1.165, 1.54) is 0 Å². The van der Waals surface area contributed by atoms with Crippen molar-refractivity contribution in [3.63, 3.8) is 0 Å². The third-order valence-corrected chi connectivity index (χ3v) is 3.87. The fraction of sp³-hybridized carbons (Fsp3) is 0.467. The van der Waals surface area contributed by atoms with Crippen LogP contribution in [0.5, 0.6) is 0 Å². The number of halogens is 2. The molecular formula is C15H23Cl2N5O. The number of amides is 1. The highest BCUT2D eigenvalue weighted by Gasteiger charge is 2.23. The summed E-state index contributed by atoms with van der Waals surface area (Å²) in [6, 6.07) is 5.58. The Hall–Kier alpha value is -1.34. The first-order chi connectivity index (χ1) is 10.1. The molecule has 0 saturated carbocycles. The van der Waals surface area contributed by atoms with Crippen LogP contribution in [0.1, 0.15) is 12.6 Å². The minimum Gasteiger partial charge on any atom is -0.339 e. The maximum absolute atomic E-state index is 11.8. The molecule has 0 spiro atoms. The summed E-state index contributed by atoms with van der Waals surface area (Å²) in [5.41, 5.74) is 7.68. The van der Waals surface area contributed by atoms with E-state index in [0.29, 0.717) is 0 Å². The molecule has 128 valence electrons. The molecule has 0 radical (unpaired) electrons. The molecule has 6 nitrogen and oxygen atoms in total. The quantitative estimate of drug-likeness (QED) is 0.892. The molecule has 2 aromatic heterocycles. The summed E-state index contributed by atoms with van der Waals surface area (Å²) in [7, 11) is 0. The van der Waals surface area contributed by atoms with Crippen LogP contribution in [0.2, 0.25) is 0 Å². The number of hydrogen-bond acceptors (Lipinski definition) is 4. The maximum Gasteiger partial charge on any atom is 0.239 e. The third-order valence-electron chi connectivity index (χ3n) is 3.87. The largest absolute Gasteiger partial charge is 0.339 e. The molecule has 3 heterocycles. The lowest BCUT2D eigenvalue weighted by Crippen LogP contribution is -2.52. The molecular weight excluding hydrogens is 337 g/mol.